The molecule has 0 spiro atoms. The molecule has 1 aliphatic heterocycles. The highest BCUT2D eigenvalue weighted by Gasteiger charge is 2.56. The Morgan fingerprint density at radius 2 is 1.31 bits per heavy atom. The Morgan fingerprint density at radius 3 is 1.84 bits per heavy atom. The van der Waals surface area contributed by atoms with E-state index in [9.17, 15) is 24.0 Å². The van der Waals surface area contributed by atoms with Crippen LogP contribution in [-0.2, 0) is 47.6 Å². The summed E-state index contributed by atoms with van der Waals surface area (Å²) in [6.45, 7) is 3.16. The van der Waals surface area contributed by atoms with Crippen LogP contribution in [0.15, 0.2) is 30.3 Å². The molecule has 1 N–H and O–H groups in total. The van der Waals surface area contributed by atoms with Crippen molar-refractivity contribution >= 4 is 35.7 Å². The van der Waals surface area contributed by atoms with E-state index >= 15 is 0 Å². The lowest BCUT2D eigenvalue weighted by Gasteiger charge is -2.42. The van der Waals surface area contributed by atoms with Gasteiger partial charge in [-0.05, 0) is 12.1 Å². The molecule has 0 radical (unpaired) electrons. The minimum Gasteiger partial charge on any atom is -0.467 e. The summed E-state index contributed by atoms with van der Waals surface area (Å²) in [5, 5.41) is 2.43. The zero-order chi connectivity index (χ0) is 23.8. The van der Waals surface area contributed by atoms with E-state index in [2.05, 4.69) is 10.1 Å². The summed E-state index contributed by atoms with van der Waals surface area (Å²) < 4.78 is 30.8. The number of carbonyl (C=O) groups is 5. The van der Waals surface area contributed by atoms with E-state index in [1.54, 1.807) is 30.3 Å². The van der Waals surface area contributed by atoms with Crippen molar-refractivity contribution in [2.75, 3.05) is 12.4 Å². The predicted molar refractivity (Wildman–Crippen MR) is 104 cm³/mol. The lowest BCUT2D eigenvalue weighted by atomic mass is 9.97. The smallest absolute Gasteiger partial charge is 0.414 e. The molecular formula is C20H23NO11. The number of nitrogens with one attached hydrogen (secondary N) is 1. The third-order valence-corrected chi connectivity index (χ3v) is 4.08. The van der Waals surface area contributed by atoms with Crippen LogP contribution >= 0.6 is 0 Å². The van der Waals surface area contributed by atoms with Crippen molar-refractivity contribution in [2.24, 2.45) is 0 Å². The molecule has 1 fully saturated rings. The number of rotatable bonds is 6. The summed E-state index contributed by atoms with van der Waals surface area (Å²) in [7, 11) is 1.05. The molecule has 32 heavy (non-hydrogen) atoms. The molecule has 5 atom stereocenters. The van der Waals surface area contributed by atoms with E-state index in [0.717, 1.165) is 27.9 Å². The van der Waals surface area contributed by atoms with Gasteiger partial charge in [0.2, 0.25) is 12.4 Å². The van der Waals surface area contributed by atoms with Gasteiger partial charge in [-0.3, -0.25) is 19.7 Å². The molecular weight excluding hydrogens is 430 g/mol. The molecule has 1 aromatic carbocycles. The van der Waals surface area contributed by atoms with Gasteiger partial charge < -0.3 is 28.4 Å². The second-order valence-corrected chi connectivity index (χ2v) is 6.57. The quantitative estimate of drug-likeness (QED) is 0.483. The topological polar surface area (TPSA) is 153 Å². The van der Waals surface area contributed by atoms with Crippen LogP contribution in [0.2, 0.25) is 0 Å². The van der Waals surface area contributed by atoms with Crippen LogP contribution in [0.3, 0.4) is 0 Å². The van der Waals surface area contributed by atoms with E-state index < -0.39 is 60.7 Å². The summed E-state index contributed by atoms with van der Waals surface area (Å²) >= 11 is 0. The summed E-state index contributed by atoms with van der Waals surface area (Å²) in [6, 6.07) is 8.24. The van der Waals surface area contributed by atoms with Gasteiger partial charge in [0.1, 0.15) is 0 Å². The molecule has 0 bridgehead atoms. The van der Waals surface area contributed by atoms with Crippen molar-refractivity contribution < 1.29 is 52.4 Å². The molecule has 12 heteroatoms. The van der Waals surface area contributed by atoms with Crippen molar-refractivity contribution in [3.63, 3.8) is 0 Å². The molecule has 0 saturated carbocycles. The molecule has 2 rings (SSSR count). The van der Waals surface area contributed by atoms with Crippen molar-refractivity contribution in [3.8, 4) is 0 Å². The van der Waals surface area contributed by atoms with Gasteiger partial charge in [0.25, 0.3) is 0 Å². The maximum Gasteiger partial charge on any atom is 0.414 e. The van der Waals surface area contributed by atoms with E-state index in [-0.39, 0.29) is 0 Å². The number of amides is 1. The fourth-order valence-electron chi connectivity index (χ4n) is 2.95. The Kier molecular flexibility index (Phi) is 8.53. The molecule has 0 unspecified atom stereocenters. The largest absolute Gasteiger partial charge is 0.467 e. The maximum absolute atomic E-state index is 12.4. The number of hydrogen-bond acceptors (Lipinski definition) is 11. The van der Waals surface area contributed by atoms with Crippen LogP contribution in [0, 0.1) is 0 Å². The van der Waals surface area contributed by atoms with Crippen LogP contribution in [0.25, 0.3) is 0 Å². The Morgan fingerprint density at radius 1 is 0.781 bits per heavy atom. The molecule has 1 aliphatic rings. The number of carbonyl (C=O) groups excluding carboxylic acids is 5. The molecule has 1 heterocycles. The molecule has 174 valence electrons. The average molecular weight is 453 g/mol. The normalized spacial score (nSPS) is 24.4. The van der Waals surface area contributed by atoms with Gasteiger partial charge in [0, 0.05) is 26.5 Å². The first-order valence-electron chi connectivity index (χ1n) is 9.40. The van der Waals surface area contributed by atoms with Crippen molar-refractivity contribution in [2.45, 2.75) is 51.5 Å². The van der Waals surface area contributed by atoms with E-state index in [0.29, 0.717) is 5.69 Å². The molecule has 1 aromatic rings. The van der Waals surface area contributed by atoms with Gasteiger partial charge in [-0.2, -0.15) is 0 Å². The van der Waals surface area contributed by atoms with Crippen LogP contribution in [0.4, 0.5) is 10.5 Å². The van der Waals surface area contributed by atoms with Crippen molar-refractivity contribution in [1.29, 1.82) is 0 Å². The van der Waals surface area contributed by atoms with Crippen molar-refractivity contribution in [1.82, 2.24) is 0 Å². The Bertz CT molecular complexity index is 856. The standard InChI is InChI=1S/C20H23NO11/c1-10(22)28-14-15(29-11(2)23)17(30-12(3)24)19(31-16(14)18(25)27-4)32-20(26)21-13-8-6-5-7-9-13/h5-9,14-17,19H,1-4H3,(H,21,26)/t14-,15-,16-,17+,19-/m0/s1. The number of hydrogen-bond donors (Lipinski definition) is 1. The molecule has 12 nitrogen and oxygen atoms in total. The lowest BCUT2D eigenvalue weighted by molar-refractivity contribution is -0.287. The second kappa shape index (κ2) is 11.1. The number of anilines is 1. The highest BCUT2D eigenvalue weighted by atomic mass is 16.8. The number of ether oxygens (including phenoxy) is 6. The predicted octanol–water partition coefficient (Wildman–Crippen LogP) is 0.928. The van der Waals surface area contributed by atoms with Crippen LogP contribution in [-0.4, -0.2) is 67.8 Å². The van der Waals surface area contributed by atoms with Crippen LogP contribution < -0.4 is 5.32 Å². The van der Waals surface area contributed by atoms with Gasteiger partial charge in [-0.1, -0.05) is 18.2 Å². The average Bonchev–Trinajstić information content (AvgIpc) is 2.71. The summed E-state index contributed by atoms with van der Waals surface area (Å²) in [5.41, 5.74) is 0.385. The molecule has 0 aliphatic carbocycles. The zero-order valence-electron chi connectivity index (χ0n) is 17.8. The fraction of sp³-hybridized carbons (Fsp3) is 0.450. The first-order valence-corrected chi connectivity index (χ1v) is 9.40. The van der Waals surface area contributed by atoms with Gasteiger partial charge in [-0.25, -0.2) is 9.59 Å². The maximum atomic E-state index is 12.4. The Labute approximate surface area is 183 Å². The summed E-state index contributed by atoms with van der Waals surface area (Å²) in [4.78, 5) is 59.7. The molecule has 0 aromatic heterocycles. The van der Waals surface area contributed by atoms with Crippen LogP contribution in [0.1, 0.15) is 20.8 Å². The van der Waals surface area contributed by atoms with Gasteiger partial charge in [0.05, 0.1) is 7.11 Å². The van der Waals surface area contributed by atoms with E-state index in [1.807, 2.05) is 0 Å². The highest BCUT2D eigenvalue weighted by molar-refractivity contribution is 5.84. The van der Waals surface area contributed by atoms with Crippen molar-refractivity contribution in [3.05, 3.63) is 30.3 Å². The first kappa shape index (κ1) is 24.6. The fourth-order valence-corrected chi connectivity index (χ4v) is 2.95. The minimum absolute atomic E-state index is 0.385. The van der Waals surface area contributed by atoms with Crippen LogP contribution in [0.5, 0.6) is 0 Å². The van der Waals surface area contributed by atoms with E-state index in [1.165, 1.54) is 0 Å². The van der Waals surface area contributed by atoms with Gasteiger partial charge in [-0.15, -0.1) is 0 Å². The monoisotopic (exact) mass is 453 g/mol. The van der Waals surface area contributed by atoms with Gasteiger partial charge >= 0.3 is 30.0 Å². The third-order valence-electron chi connectivity index (χ3n) is 4.08. The number of para-hydroxylation sites is 1. The number of benzene rings is 1. The minimum atomic E-state index is -1.72. The summed E-state index contributed by atoms with van der Waals surface area (Å²) in [5.74, 6) is -3.53. The highest BCUT2D eigenvalue weighted by Crippen LogP contribution is 2.30. The second-order valence-electron chi connectivity index (χ2n) is 6.57. The molecule has 1 amide bonds. The molecule has 1 saturated heterocycles. The van der Waals surface area contributed by atoms with Gasteiger partial charge in [0.15, 0.2) is 18.3 Å². The lowest BCUT2D eigenvalue weighted by Crippen LogP contribution is -2.64. The first-order chi connectivity index (χ1) is 15.1. The van der Waals surface area contributed by atoms with E-state index in [4.69, 9.17) is 23.7 Å². The Hall–Kier alpha value is -3.67. The zero-order valence-corrected chi connectivity index (χ0v) is 17.8. The Balaban J connectivity index is 2.38. The number of esters is 4. The third kappa shape index (κ3) is 6.67. The summed E-state index contributed by atoms with van der Waals surface area (Å²) in [6.07, 6.45) is -9.06. The SMILES string of the molecule is COC(=O)[C@H]1O[C@@H](OC(=O)Nc2ccccc2)[C@H](OC(C)=O)[C@@H](OC(C)=O)[C@@H]1OC(C)=O. The number of methoxy groups -OCH3 is 1.